The monoisotopic (exact) mass is 173 g/mol. The van der Waals surface area contributed by atoms with Crippen molar-refractivity contribution in [2.45, 2.75) is 19.3 Å². The highest BCUT2D eigenvalue weighted by molar-refractivity contribution is 5.53. The molecule has 0 aromatic carbocycles. The Morgan fingerprint density at radius 2 is 2.42 bits per heavy atom. The molecule has 0 amide bonds. The number of rotatable bonds is 4. The summed E-state index contributed by atoms with van der Waals surface area (Å²) in [5.41, 5.74) is 0. The van der Waals surface area contributed by atoms with Crippen molar-refractivity contribution in [1.82, 2.24) is 4.90 Å². The first-order valence-electron chi connectivity index (χ1n) is 4.60. The highest BCUT2D eigenvalue weighted by Gasteiger charge is 2.18. The van der Waals surface area contributed by atoms with Crippen LogP contribution >= 0.6 is 0 Å². The van der Waals surface area contributed by atoms with Crippen LogP contribution in [-0.2, 0) is 4.79 Å². The number of piperidine rings is 1. The van der Waals surface area contributed by atoms with Crippen molar-refractivity contribution in [3.05, 3.63) is 0 Å². The Labute approximate surface area is 72.7 Å². The van der Waals surface area contributed by atoms with Gasteiger partial charge < -0.3 is 9.69 Å². The summed E-state index contributed by atoms with van der Waals surface area (Å²) in [4.78, 5) is 12.7. The molecule has 0 N–H and O–H groups in total. The van der Waals surface area contributed by atoms with E-state index in [1.165, 1.54) is 0 Å². The second-order valence-corrected chi connectivity index (χ2v) is 3.38. The standard InChI is InChI=1S/C9H16FNO/c10-4-2-6-11-5-1-3-9(7-11)8-12/h8-9H,1-7H2. The van der Waals surface area contributed by atoms with Crippen LogP contribution in [0.4, 0.5) is 4.39 Å². The number of hydrogen-bond acceptors (Lipinski definition) is 2. The summed E-state index contributed by atoms with van der Waals surface area (Å²) in [6, 6.07) is 0. The number of aldehydes is 1. The second kappa shape index (κ2) is 5.25. The van der Waals surface area contributed by atoms with Gasteiger partial charge in [-0.05, 0) is 25.8 Å². The summed E-state index contributed by atoms with van der Waals surface area (Å²) in [7, 11) is 0. The van der Waals surface area contributed by atoms with Gasteiger partial charge in [0, 0.05) is 19.0 Å². The first kappa shape index (κ1) is 9.65. The summed E-state index contributed by atoms with van der Waals surface area (Å²) in [6.07, 6.45) is 3.72. The van der Waals surface area contributed by atoms with E-state index in [1.54, 1.807) is 0 Å². The van der Waals surface area contributed by atoms with E-state index in [9.17, 15) is 9.18 Å². The minimum atomic E-state index is -0.248. The topological polar surface area (TPSA) is 20.3 Å². The van der Waals surface area contributed by atoms with Crippen molar-refractivity contribution in [3.8, 4) is 0 Å². The molecule has 12 heavy (non-hydrogen) atoms. The molecule has 0 radical (unpaired) electrons. The lowest BCUT2D eigenvalue weighted by molar-refractivity contribution is -0.112. The van der Waals surface area contributed by atoms with E-state index in [4.69, 9.17) is 0 Å². The number of carbonyl (C=O) groups excluding carboxylic acids is 1. The number of likely N-dealkylation sites (tertiary alicyclic amines) is 1. The zero-order chi connectivity index (χ0) is 8.81. The zero-order valence-electron chi connectivity index (χ0n) is 7.34. The molecule has 70 valence electrons. The fourth-order valence-corrected chi connectivity index (χ4v) is 1.69. The van der Waals surface area contributed by atoms with Crippen LogP contribution in [0.15, 0.2) is 0 Å². The van der Waals surface area contributed by atoms with Crippen LogP contribution in [0.1, 0.15) is 19.3 Å². The van der Waals surface area contributed by atoms with Crippen molar-refractivity contribution in [3.63, 3.8) is 0 Å². The van der Waals surface area contributed by atoms with Gasteiger partial charge in [-0.2, -0.15) is 0 Å². The lowest BCUT2D eigenvalue weighted by Gasteiger charge is -2.29. The Morgan fingerprint density at radius 3 is 3.08 bits per heavy atom. The second-order valence-electron chi connectivity index (χ2n) is 3.38. The van der Waals surface area contributed by atoms with Crippen LogP contribution in [0.2, 0.25) is 0 Å². The Kier molecular flexibility index (Phi) is 4.22. The normalized spacial score (nSPS) is 25.6. The predicted molar refractivity (Wildman–Crippen MR) is 45.8 cm³/mol. The van der Waals surface area contributed by atoms with E-state index in [0.29, 0.717) is 6.42 Å². The van der Waals surface area contributed by atoms with Gasteiger partial charge in [0.15, 0.2) is 0 Å². The number of halogens is 1. The third kappa shape index (κ3) is 2.89. The maximum absolute atomic E-state index is 11.8. The number of nitrogens with zero attached hydrogens (tertiary/aromatic N) is 1. The minimum Gasteiger partial charge on any atom is -0.303 e. The third-order valence-electron chi connectivity index (χ3n) is 2.34. The maximum Gasteiger partial charge on any atom is 0.124 e. The molecule has 1 aliphatic heterocycles. The molecule has 1 unspecified atom stereocenters. The molecule has 0 aliphatic carbocycles. The molecular formula is C9H16FNO. The van der Waals surface area contributed by atoms with Crippen molar-refractivity contribution in [1.29, 1.82) is 0 Å². The summed E-state index contributed by atoms with van der Waals surface area (Å²) in [6.45, 7) is 2.43. The van der Waals surface area contributed by atoms with E-state index >= 15 is 0 Å². The van der Waals surface area contributed by atoms with Crippen LogP contribution in [0.25, 0.3) is 0 Å². The highest BCUT2D eigenvalue weighted by Crippen LogP contribution is 2.14. The molecule has 0 spiro atoms. The molecular weight excluding hydrogens is 157 g/mol. The fourth-order valence-electron chi connectivity index (χ4n) is 1.69. The van der Waals surface area contributed by atoms with Gasteiger partial charge in [0.05, 0.1) is 6.67 Å². The van der Waals surface area contributed by atoms with Gasteiger partial charge in [-0.1, -0.05) is 0 Å². The van der Waals surface area contributed by atoms with Gasteiger partial charge >= 0.3 is 0 Å². The molecule has 1 atom stereocenters. The molecule has 0 bridgehead atoms. The smallest absolute Gasteiger partial charge is 0.124 e. The molecule has 0 aromatic heterocycles. The van der Waals surface area contributed by atoms with Crippen LogP contribution in [0.3, 0.4) is 0 Å². The average molecular weight is 173 g/mol. The number of alkyl halides is 1. The SMILES string of the molecule is O=CC1CCCN(CCCF)C1. The summed E-state index contributed by atoms with van der Waals surface area (Å²) >= 11 is 0. The molecule has 3 heteroatoms. The third-order valence-corrected chi connectivity index (χ3v) is 2.34. The first-order chi connectivity index (χ1) is 5.86. The van der Waals surface area contributed by atoms with Gasteiger partial charge in [-0.15, -0.1) is 0 Å². The van der Waals surface area contributed by atoms with Crippen LogP contribution in [0.5, 0.6) is 0 Å². The van der Waals surface area contributed by atoms with Gasteiger partial charge in [-0.3, -0.25) is 4.39 Å². The summed E-state index contributed by atoms with van der Waals surface area (Å²) < 4.78 is 11.8. The van der Waals surface area contributed by atoms with Gasteiger partial charge in [0.25, 0.3) is 0 Å². The molecule has 0 saturated carbocycles. The van der Waals surface area contributed by atoms with Crippen LogP contribution < -0.4 is 0 Å². The van der Waals surface area contributed by atoms with Crippen molar-refractivity contribution in [2.75, 3.05) is 26.3 Å². The molecule has 1 fully saturated rings. The first-order valence-corrected chi connectivity index (χ1v) is 4.60. The largest absolute Gasteiger partial charge is 0.303 e. The summed E-state index contributed by atoms with van der Waals surface area (Å²) in [5, 5.41) is 0. The molecule has 1 aliphatic rings. The van der Waals surface area contributed by atoms with Gasteiger partial charge in [0.2, 0.25) is 0 Å². The van der Waals surface area contributed by atoms with Gasteiger partial charge in [0.1, 0.15) is 6.29 Å². The fraction of sp³-hybridized carbons (Fsp3) is 0.889. The predicted octanol–water partition coefficient (Wildman–Crippen LogP) is 1.26. The maximum atomic E-state index is 11.8. The Balaban J connectivity index is 2.20. The van der Waals surface area contributed by atoms with E-state index in [1.807, 2.05) is 0 Å². The Hall–Kier alpha value is -0.440. The average Bonchev–Trinajstić information content (AvgIpc) is 2.15. The number of hydrogen-bond donors (Lipinski definition) is 0. The van der Waals surface area contributed by atoms with E-state index in [-0.39, 0.29) is 12.6 Å². The molecule has 1 saturated heterocycles. The quantitative estimate of drug-likeness (QED) is 0.596. The zero-order valence-corrected chi connectivity index (χ0v) is 7.34. The Bertz CT molecular complexity index is 140. The lowest BCUT2D eigenvalue weighted by atomic mass is 10.00. The molecule has 0 aromatic rings. The molecule has 2 nitrogen and oxygen atoms in total. The van der Waals surface area contributed by atoms with E-state index in [0.717, 1.165) is 38.8 Å². The van der Waals surface area contributed by atoms with E-state index < -0.39 is 0 Å². The van der Waals surface area contributed by atoms with Crippen molar-refractivity contribution in [2.24, 2.45) is 5.92 Å². The minimum absolute atomic E-state index is 0.193. The van der Waals surface area contributed by atoms with Crippen molar-refractivity contribution >= 4 is 6.29 Å². The summed E-state index contributed by atoms with van der Waals surface area (Å²) in [5.74, 6) is 0.193. The van der Waals surface area contributed by atoms with E-state index in [2.05, 4.69) is 4.90 Å². The lowest BCUT2D eigenvalue weighted by Crippen LogP contribution is -2.36. The number of carbonyl (C=O) groups is 1. The molecule has 1 rings (SSSR count). The van der Waals surface area contributed by atoms with Crippen LogP contribution in [0, 0.1) is 5.92 Å². The van der Waals surface area contributed by atoms with Crippen LogP contribution in [-0.4, -0.2) is 37.5 Å². The van der Waals surface area contributed by atoms with Gasteiger partial charge in [-0.25, -0.2) is 0 Å². The van der Waals surface area contributed by atoms with Crippen molar-refractivity contribution < 1.29 is 9.18 Å². The molecule has 1 heterocycles. The highest BCUT2D eigenvalue weighted by atomic mass is 19.1. The Morgan fingerprint density at radius 1 is 1.58 bits per heavy atom.